The van der Waals surface area contributed by atoms with E-state index in [0.29, 0.717) is 22.4 Å². The Kier molecular flexibility index (Phi) is 5.69. The number of carbonyl (C=O) groups excluding carboxylic acids is 1. The van der Waals surface area contributed by atoms with Crippen LogP contribution in [0.5, 0.6) is 0 Å². The molecule has 2 rings (SSSR count). The predicted molar refractivity (Wildman–Crippen MR) is 91.6 cm³/mol. The van der Waals surface area contributed by atoms with Gasteiger partial charge in [0.05, 0.1) is 4.90 Å². The molecule has 5 nitrogen and oxygen atoms in total. The first-order valence-electron chi connectivity index (χ1n) is 6.65. The van der Waals surface area contributed by atoms with E-state index in [1.54, 1.807) is 32.0 Å². The van der Waals surface area contributed by atoms with E-state index in [1.807, 2.05) is 19.1 Å². The molecule has 0 aromatic heterocycles. The molecule has 0 atom stereocenters. The molecule has 2 N–H and O–H groups in total. The molecule has 2 aromatic rings. The fourth-order valence-electron chi connectivity index (χ4n) is 2.14. The molecule has 6 heteroatoms. The lowest BCUT2D eigenvalue weighted by Crippen LogP contribution is -2.14. The van der Waals surface area contributed by atoms with Crippen LogP contribution in [0.3, 0.4) is 0 Å². The molecule has 0 aliphatic rings. The van der Waals surface area contributed by atoms with Crippen molar-refractivity contribution in [2.45, 2.75) is 33.1 Å². The Morgan fingerprint density at radius 1 is 1.00 bits per heavy atom. The van der Waals surface area contributed by atoms with Crippen molar-refractivity contribution >= 4 is 21.7 Å². The highest BCUT2D eigenvalue weighted by Gasteiger charge is 2.17. The van der Waals surface area contributed by atoms with Crippen LogP contribution in [0.1, 0.15) is 34.5 Å². The van der Waals surface area contributed by atoms with Gasteiger partial charge in [-0.2, -0.15) is 8.42 Å². The summed E-state index contributed by atoms with van der Waals surface area (Å²) < 4.78 is 31.9. The zero-order chi connectivity index (χ0) is 16.5. The molecule has 0 fully saturated rings. The molecule has 0 heterocycles. The van der Waals surface area contributed by atoms with Crippen molar-refractivity contribution in [1.82, 2.24) is 0 Å². The number of hydrogen-bond acceptors (Lipinski definition) is 3. The Labute approximate surface area is 137 Å². The summed E-state index contributed by atoms with van der Waals surface area (Å²) in [6.45, 7) is 5.26. The first-order valence-corrected chi connectivity index (χ1v) is 8.09. The second-order valence-electron chi connectivity index (χ2n) is 5.23. The summed E-state index contributed by atoms with van der Waals surface area (Å²) in [5, 5.41) is 2.67. The molecule has 0 saturated heterocycles. The molecular weight excluding hydrogens is 314 g/mol. The molecule has 0 aliphatic heterocycles. The Balaban J connectivity index is 0.00000264. The van der Waals surface area contributed by atoms with E-state index < -0.39 is 10.1 Å². The van der Waals surface area contributed by atoms with Crippen LogP contribution in [-0.4, -0.2) is 18.9 Å². The molecule has 1 amide bonds. The maximum Gasteiger partial charge on any atom is 0.294 e. The van der Waals surface area contributed by atoms with Gasteiger partial charge in [-0.15, -0.1) is 0 Å². The molecule has 2 aromatic carbocycles. The Morgan fingerprint density at radius 3 is 2.09 bits per heavy atom. The molecule has 124 valence electrons. The average molecular weight is 335 g/mol. The van der Waals surface area contributed by atoms with Crippen molar-refractivity contribution in [3.05, 3.63) is 58.7 Å². The van der Waals surface area contributed by atoms with Crippen LogP contribution in [0.4, 0.5) is 5.69 Å². The average Bonchev–Trinajstić information content (AvgIpc) is 2.41. The van der Waals surface area contributed by atoms with Crippen LogP contribution in [0.15, 0.2) is 41.3 Å². The number of carbonyl (C=O) groups is 1. The summed E-state index contributed by atoms with van der Waals surface area (Å²) in [4.78, 5) is 12.0. The van der Waals surface area contributed by atoms with E-state index in [1.165, 1.54) is 6.07 Å². The van der Waals surface area contributed by atoms with E-state index in [0.717, 1.165) is 5.56 Å². The third-order valence-electron chi connectivity index (χ3n) is 3.36. The van der Waals surface area contributed by atoms with Gasteiger partial charge in [0.2, 0.25) is 0 Å². The maximum atomic E-state index is 12.2. The Bertz CT molecular complexity index is 824. The van der Waals surface area contributed by atoms with E-state index >= 15 is 0 Å². The number of aryl methyl sites for hydroxylation is 3. The highest BCUT2D eigenvalue weighted by Crippen LogP contribution is 2.24. The van der Waals surface area contributed by atoms with Gasteiger partial charge in [-0.25, -0.2) is 0 Å². The number of amides is 1. The van der Waals surface area contributed by atoms with Crippen molar-refractivity contribution < 1.29 is 17.8 Å². The van der Waals surface area contributed by atoms with Gasteiger partial charge in [0, 0.05) is 11.3 Å². The van der Waals surface area contributed by atoms with Crippen LogP contribution < -0.4 is 5.32 Å². The fraction of sp³-hybridized carbons (Fsp3) is 0.235. The second kappa shape index (κ2) is 6.93. The van der Waals surface area contributed by atoms with Gasteiger partial charge in [0.15, 0.2) is 0 Å². The largest absolute Gasteiger partial charge is 0.322 e. The minimum Gasteiger partial charge on any atom is -0.322 e. The molecule has 0 spiro atoms. The highest BCUT2D eigenvalue weighted by atomic mass is 32.2. The van der Waals surface area contributed by atoms with E-state index in [9.17, 15) is 17.8 Å². The van der Waals surface area contributed by atoms with Crippen molar-refractivity contribution in [3.63, 3.8) is 0 Å². The molecule has 0 bridgehead atoms. The number of anilines is 1. The lowest BCUT2D eigenvalue weighted by atomic mass is 10.1. The van der Waals surface area contributed by atoms with Gasteiger partial charge >= 0.3 is 0 Å². The van der Waals surface area contributed by atoms with Crippen LogP contribution in [0.2, 0.25) is 0 Å². The zero-order valence-corrected chi connectivity index (χ0v) is 13.4. The third kappa shape index (κ3) is 4.40. The van der Waals surface area contributed by atoms with Gasteiger partial charge in [-0.3, -0.25) is 9.35 Å². The molecule has 0 unspecified atom stereocenters. The molecule has 0 aliphatic carbocycles. The smallest absolute Gasteiger partial charge is 0.294 e. The fourth-order valence-corrected chi connectivity index (χ4v) is 2.88. The standard InChI is InChI=1S/C16H17NO4S.CH4/c1-10-4-6-13(7-5-10)16(18)17-14-9-15(22(19,20)21)12(3)8-11(14)2;/h4-9H,1-3H3,(H,17,18)(H,19,20,21);1H4. The van der Waals surface area contributed by atoms with Crippen LogP contribution in [0.25, 0.3) is 0 Å². The van der Waals surface area contributed by atoms with Crippen LogP contribution >= 0.6 is 0 Å². The van der Waals surface area contributed by atoms with Gasteiger partial charge in [-0.05, 0) is 50.1 Å². The van der Waals surface area contributed by atoms with E-state index in [2.05, 4.69) is 5.32 Å². The Hall–Kier alpha value is -2.18. The number of nitrogens with one attached hydrogen (secondary N) is 1. The SMILES string of the molecule is C.Cc1ccc(C(=O)Nc2cc(S(=O)(=O)O)c(C)cc2C)cc1. The molecule has 0 radical (unpaired) electrons. The van der Waals surface area contributed by atoms with E-state index in [-0.39, 0.29) is 18.2 Å². The molecule has 0 saturated carbocycles. The lowest BCUT2D eigenvalue weighted by molar-refractivity contribution is 0.102. The number of benzene rings is 2. The predicted octanol–water partition coefficient (Wildman–Crippen LogP) is 3.75. The lowest BCUT2D eigenvalue weighted by Gasteiger charge is -2.12. The number of rotatable bonds is 3. The summed E-state index contributed by atoms with van der Waals surface area (Å²) in [6, 6.07) is 9.90. The first-order chi connectivity index (χ1) is 10.2. The maximum absolute atomic E-state index is 12.2. The third-order valence-corrected chi connectivity index (χ3v) is 4.36. The number of hydrogen-bond donors (Lipinski definition) is 2. The quantitative estimate of drug-likeness (QED) is 0.837. The van der Waals surface area contributed by atoms with Gasteiger partial charge < -0.3 is 5.32 Å². The molecular formula is C17H21NO4S. The highest BCUT2D eigenvalue weighted by molar-refractivity contribution is 7.85. The summed E-state index contributed by atoms with van der Waals surface area (Å²) >= 11 is 0. The first kappa shape index (κ1) is 18.9. The minimum absolute atomic E-state index is 0. The van der Waals surface area contributed by atoms with Crippen molar-refractivity contribution in [1.29, 1.82) is 0 Å². The summed E-state index contributed by atoms with van der Waals surface area (Å²) in [5.74, 6) is -0.340. The second-order valence-corrected chi connectivity index (χ2v) is 6.62. The van der Waals surface area contributed by atoms with Crippen LogP contribution in [0, 0.1) is 20.8 Å². The zero-order valence-electron chi connectivity index (χ0n) is 12.5. The van der Waals surface area contributed by atoms with Crippen LogP contribution in [-0.2, 0) is 10.1 Å². The van der Waals surface area contributed by atoms with Gasteiger partial charge in [-0.1, -0.05) is 31.2 Å². The van der Waals surface area contributed by atoms with Crippen molar-refractivity contribution in [3.8, 4) is 0 Å². The van der Waals surface area contributed by atoms with Crippen molar-refractivity contribution in [2.24, 2.45) is 0 Å². The normalized spacial score (nSPS) is 10.8. The van der Waals surface area contributed by atoms with Gasteiger partial charge in [0.25, 0.3) is 16.0 Å². The monoisotopic (exact) mass is 335 g/mol. The minimum atomic E-state index is -4.33. The Morgan fingerprint density at radius 2 is 1.57 bits per heavy atom. The summed E-state index contributed by atoms with van der Waals surface area (Å²) in [6.07, 6.45) is 0. The summed E-state index contributed by atoms with van der Waals surface area (Å²) in [7, 11) is -4.33. The topological polar surface area (TPSA) is 83.5 Å². The van der Waals surface area contributed by atoms with Gasteiger partial charge in [0.1, 0.15) is 0 Å². The van der Waals surface area contributed by atoms with Crippen molar-refractivity contribution in [2.75, 3.05) is 5.32 Å². The van der Waals surface area contributed by atoms with E-state index in [4.69, 9.17) is 0 Å². The summed E-state index contributed by atoms with van der Waals surface area (Å²) in [5.41, 5.74) is 3.00. The molecule has 23 heavy (non-hydrogen) atoms.